The maximum absolute atomic E-state index is 12.2. The number of nitrogens with one attached hydrogen (secondary N) is 1. The van der Waals surface area contributed by atoms with Crippen LogP contribution in [0.3, 0.4) is 0 Å². The van der Waals surface area contributed by atoms with E-state index < -0.39 is 0 Å². The first-order chi connectivity index (χ1) is 13.9. The quantitative estimate of drug-likeness (QED) is 0.857. The van der Waals surface area contributed by atoms with Gasteiger partial charge in [0.05, 0.1) is 5.56 Å². The molecule has 1 aromatic heterocycles. The molecule has 0 aliphatic carbocycles. The van der Waals surface area contributed by atoms with Gasteiger partial charge in [-0.3, -0.25) is 9.69 Å². The third-order valence-electron chi connectivity index (χ3n) is 5.04. The molecule has 1 saturated heterocycles. The lowest BCUT2D eigenvalue weighted by molar-refractivity contribution is 0.0919. The van der Waals surface area contributed by atoms with Crippen molar-refractivity contribution in [1.29, 1.82) is 0 Å². The predicted octanol–water partition coefficient (Wildman–Crippen LogP) is 2.66. The van der Waals surface area contributed by atoms with E-state index in [1.54, 1.807) is 6.20 Å². The molecule has 3 heterocycles. The van der Waals surface area contributed by atoms with Gasteiger partial charge in [0.15, 0.2) is 11.5 Å². The minimum atomic E-state index is -0.260. The highest BCUT2D eigenvalue weighted by atomic mass is 16.7. The number of piperazine rings is 1. The Hall–Kier alpha value is -2.80. The normalized spacial score (nSPS) is 16.7. The van der Waals surface area contributed by atoms with Gasteiger partial charge in [0.25, 0.3) is 5.91 Å². The summed E-state index contributed by atoms with van der Waals surface area (Å²) < 4.78 is 10.8. The van der Waals surface area contributed by atoms with Crippen LogP contribution in [0, 0.1) is 0 Å². The summed E-state index contributed by atoms with van der Waals surface area (Å²) in [5.41, 5.74) is 1.56. The first kappa shape index (κ1) is 19.5. The highest BCUT2D eigenvalue weighted by Gasteiger charge is 2.21. The van der Waals surface area contributed by atoms with Crippen molar-refractivity contribution in [1.82, 2.24) is 15.2 Å². The summed E-state index contributed by atoms with van der Waals surface area (Å²) in [4.78, 5) is 21.5. The molecule has 0 radical (unpaired) electrons. The second kappa shape index (κ2) is 7.91. The van der Waals surface area contributed by atoms with E-state index in [-0.39, 0.29) is 11.4 Å². The number of ether oxygens (including phenoxy) is 2. The number of carbonyl (C=O) groups is 1. The number of hydrogen-bond donors (Lipinski definition) is 1. The SMILES string of the molecule is CC(C)(C)NC(=O)c1ccc(N2CCN(Cc3ccc4c(c3)OCO4)CC2)nc1. The Labute approximate surface area is 171 Å². The van der Waals surface area contributed by atoms with Crippen molar-refractivity contribution in [3.63, 3.8) is 0 Å². The van der Waals surface area contributed by atoms with Crippen LogP contribution in [-0.2, 0) is 6.54 Å². The molecule has 29 heavy (non-hydrogen) atoms. The lowest BCUT2D eigenvalue weighted by Gasteiger charge is -2.35. The molecule has 0 unspecified atom stereocenters. The summed E-state index contributed by atoms with van der Waals surface area (Å²) in [5, 5.41) is 2.96. The van der Waals surface area contributed by atoms with Crippen LogP contribution in [0.15, 0.2) is 36.5 Å². The highest BCUT2D eigenvalue weighted by Crippen LogP contribution is 2.32. The van der Waals surface area contributed by atoms with Gasteiger partial charge in [0, 0.05) is 44.5 Å². The number of amides is 1. The van der Waals surface area contributed by atoms with E-state index in [4.69, 9.17) is 9.47 Å². The molecule has 154 valence electrons. The summed E-state index contributed by atoms with van der Waals surface area (Å²) in [7, 11) is 0. The topological polar surface area (TPSA) is 66.9 Å². The largest absolute Gasteiger partial charge is 0.454 e. The number of carbonyl (C=O) groups excluding carboxylic acids is 1. The molecule has 7 heteroatoms. The van der Waals surface area contributed by atoms with Gasteiger partial charge < -0.3 is 19.7 Å². The fraction of sp³-hybridized carbons (Fsp3) is 0.455. The molecular weight excluding hydrogens is 368 g/mol. The standard InChI is InChI=1S/C22H28N4O3/c1-22(2,3)24-21(27)17-5-7-20(23-13-17)26-10-8-25(9-11-26)14-16-4-6-18-19(12-16)29-15-28-18/h4-7,12-13H,8-11,14-15H2,1-3H3,(H,24,27). The molecule has 1 amide bonds. The average Bonchev–Trinajstić information content (AvgIpc) is 3.15. The molecule has 1 N–H and O–H groups in total. The molecule has 4 rings (SSSR count). The van der Waals surface area contributed by atoms with Crippen LogP contribution >= 0.6 is 0 Å². The van der Waals surface area contributed by atoms with E-state index in [9.17, 15) is 4.79 Å². The van der Waals surface area contributed by atoms with Crippen LogP contribution in [0.2, 0.25) is 0 Å². The summed E-state index contributed by atoms with van der Waals surface area (Å²) in [6.07, 6.45) is 1.66. The van der Waals surface area contributed by atoms with Gasteiger partial charge >= 0.3 is 0 Å². The molecule has 2 aromatic rings. The monoisotopic (exact) mass is 396 g/mol. The van der Waals surface area contributed by atoms with Gasteiger partial charge in [-0.05, 0) is 50.6 Å². The lowest BCUT2D eigenvalue weighted by Crippen LogP contribution is -2.46. The molecule has 0 bridgehead atoms. The van der Waals surface area contributed by atoms with Gasteiger partial charge in [-0.1, -0.05) is 6.07 Å². The summed E-state index contributed by atoms with van der Waals surface area (Å²) in [6.45, 7) is 10.8. The average molecular weight is 396 g/mol. The van der Waals surface area contributed by atoms with Crippen molar-refractivity contribution in [2.75, 3.05) is 37.9 Å². The van der Waals surface area contributed by atoms with Crippen LogP contribution in [0.4, 0.5) is 5.82 Å². The number of benzene rings is 1. The van der Waals surface area contributed by atoms with Crippen molar-refractivity contribution in [2.24, 2.45) is 0 Å². The molecule has 0 atom stereocenters. The fourth-order valence-corrected chi connectivity index (χ4v) is 3.55. The Kier molecular flexibility index (Phi) is 5.32. The summed E-state index contributed by atoms with van der Waals surface area (Å²) in [6, 6.07) is 9.93. The molecule has 2 aliphatic rings. The van der Waals surface area contributed by atoms with Crippen molar-refractivity contribution in [2.45, 2.75) is 32.9 Å². The molecular formula is C22H28N4O3. The molecule has 1 aromatic carbocycles. The fourth-order valence-electron chi connectivity index (χ4n) is 3.55. The Morgan fingerprint density at radius 1 is 1.07 bits per heavy atom. The van der Waals surface area contributed by atoms with E-state index in [1.165, 1.54) is 5.56 Å². The number of pyridine rings is 1. The molecule has 1 fully saturated rings. The van der Waals surface area contributed by atoms with Gasteiger partial charge in [-0.15, -0.1) is 0 Å². The maximum atomic E-state index is 12.2. The van der Waals surface area contributed by atoms with Crippen LogP contribution in [0.5, 0.6) is 11.5 Å². The molecule has 0 spiro atoms. The first-order valence-corrected chi connectivity index (χ1v) is 10.0. The number of aromatic nitrogens is 1. The van der Waals surface area contributed by atoms with Crippen LogP contribution < -0.4 is 19.7 Å². The smallest absolute Gasteiger partial charge is 0.253 e. The van der Waals surface area contributed by atoms with E-state index in [0.29, 0.717) is 12.4 Å². The van der Waals surface area contributed by atoms with Crippen molar-refractivity contribution >= 4 is 11.7 Å². The maximum Gasteiger partial charge on any atom is 0.253 e. The Morgan fingerprint density at radius 3 is 2.52 bits per heavy atom. The van der Waals surface area contributed by atoms with Crippen LogP contribution in [0.1, 0.15) is 36.7 Å². The minimum absolute atomic E-state index is 0.0925. The number of nitrogens with zero attached hydrogens (tertiary/aromatic N) is 3. The molecule has 7 nitrogen and oxygen atoms in total. The first-order valence-electron chi connectivity index (χ1n) is 10.0. The van der Waals surface area contributed by atoms with Crippen LogP contribution in [-0.4, -0.2) is 54.3 Å². The zero-order valence-electron chi connectivity index (χ0n) is 17.3. The van der Waals surface area contributed by atoms with Crippen molar-refractivity contribution in [3.8, 4) is 11.5 Å². The van der Waals surface area contributed by atoms with E-state index in [1.807, 2.05) is 39.0 Å². The van der Waals surface area contributed by atoms with Crippen molar-refractivity contribution in [3.05, 3.63) is 47.7 Å². The second-order valence-electron chi connectivity index (χ2n) is 8.56. The van der Waals surface area contributed by atoms with E-state index >= 15 is 0 Å². The lowest BCUT2D eigenvalue weighted by atomic mass is 10.1. The number of fused-ring (bicyclic) bond motifs is 1. The Bertz CT molecular complexity index is 869. The van der Waals surface area contributed by atoms with Crippen LogP contribution in [0.25, 0.3) is 0 Å². The number of hydrogen-bond acceptors (Lipinski definition) is 6. The molecule has 2 aliphatic heterocycles. The van der Waals surface area contributed by atoms with Gasteiger partial charge in [0.2, 0.25) is 6.79 Å². The van der Waals surface area contributed by atoms with Gasteiger partial charge in [-0.25, -0.2) is 4.98 Å². The predicted molar refractivity (Wildman–Crippen MR) is 112 cm³/mol. The molecule has 0 saturated carbocycles. The third-order valence-corrected chi connectivity index (χ3v) is 5.04. The Morgan fingerprint density at radius 2 is 1.83 bits per heavy atom. The summed E-state index contributed by atoms with van der Waals surface area (Å²) in [5.74, 6) is 2.48. The van der Waals surface area contributed by atoms with E-state index in [0.717, 1.165) is 50.0 Å². The minimum Gasteiger partial charge on any atom is -0.454 e. The summed E-state index contributed by atoms with van der Waals surface area (Å²) >= 11 is 0. The van der Waals surface area contributed by atoms with E-state index in [2.05, 4.69) is 32.2 Å². The van der Waals surface area contributed by atoms with Crippen molar-refractivity contribution < 1.29 is 14.3 Å². The Balaban J connectivity index is 1.31. The van der Waals surface area contributed by atoms with Gasteiger partial charge in [-0.2, -0.15) is 0 Å². The third kappa shape index (κ3) is 4.79. The zero-order chi connectivity index (χ0) is 20.4. The number of anilines is 1. The van der Waals surface area contributed by atoms with Gasteiger partial charge in [0.1, 0.15) is 5.82 Å². The number of rotatable bonds is 4. The second-order valence-corrected chi connectivity index (χ2v) is 8.56. The highest BCUT2D eigenvalue weighted by molar-refractivity contribution is 5.94. The zero-order valence-corrected chi connectivity index (χ0v) is 17.3.